The van der Waals surface area contributed by atoms with Gasteiger partial charge in [-0.25, -0.2) is 4.98 Å². The van der Waals surface area contributed by atoms with Gasteiger partial charge >= 0.3 is 0 Å². The molecule has 2 aromatic heterocycles. The second-order valence-corrected chi connectivity index (χ2v) is 8.27. The van der Waals surface area contributed by atoms with Crippen LogP contribution in [0.4, 0.5) is 0 Å². The molecule has 0 fully saturated rings. The standard InChI is InChI=1S/C25H22N4/c1-25(2,3)23-26-22(17-11-5-4-6-12-17)27-24(28-23)29-20-15-9-7-13-18(20)19-14-8-10-16-21(19)29/h4-16H,1-3H3. The van der Waals surface area contributed by atoms with Crippen LogP contribution in [0.1, 0.15) is 26.6 Å². The summed E-state index contributed by atoms with van der Waals surface area (Å²) >= 11 is 0. The number of para-hydroxylation sites is 2. The molecule has 29 heavy (non-hydrogen) atoms. The molecule has 4 heteroatoms. The molecule has 5 rings (SSSR count). The molecule has 0 aliphatic carbocycles. The maximum Gasteiger partial charge on any atom is 0.238 e. The normalized spacial score (nSPS) is 12.0. The first-order chi connectivity index (χ1) is 14.0. The van der Waals surface area contributed by atoms with Crippen LogP contribution in [0.25, 0.3) is 39.1 Å². The van der Waals surface area contributed by atoms with E-state index in [4.69, 9.17) is 15.0 Å². The number of rotatable bonds is 2. The van der Waals surface area contributed by atoms with Gasteiger partial charge in [-0.2, -0.15) is 9.97 Å². The molecule has 0 amide bonds. The van der Waals surface area contributed by atoms with Crippen molar-refractivity contribution >= 4 is 21.8 Å². The summed E-state index contributed by atoms with van der Waals surface area (Å²) in [6.07, 6.45) is 0. The molecule has 0 aliphatic rings. The minimum Gasteiger partial charge on any atom is -0.278 e. The average molecular weight is 378 g/mol. The molecule has 0 saturated heterocycles. The predicted molar refractivity (Wildman–Crippen MR) is 118 cm³/mol. The van der Waals surface area contributed by atoms with Gasteiger partial charge in [0.1, 0.15) is 5.82 Å². The third-order valence-electron chi connectivity index (χ3n) is 5.11. The van der Waals surface area contributed by atoms with E-state index in [1.54, 1.807) is 0 Å². The number of benzene rings is 3. The summed E-state index contributed by atoms with van der Waals surface area (Å²) in [4.78, 5) is 14.6. The van der Waals surface area contributed by atoms with E-state index in [1.807, 2.05) is 30.3 Å². The number of aromatic nitrogens is 4. The van der Waals surface area contributed by atoms with Gasteiger partial charge < -0.3 is 0 Å². The van der Waals surface area contributed by atoms with Crippen LogP contribution in [-0.2, 0) is 5.41 Å². The average Bonchev–Trinajstić information content (AvgIpc) is 3.08. The minimum atomic E-state index is -0.194. The quantitative estimate of drug-likeness (QED) is 0.382. The first kappa shape index (κ1) is 17.6. The van der Waals surface area contributed by atoms with Crippen LogP contribution >= 0.6 is 0 Å². The zero-order valence-corrected chi connectivity index (χ0v) is 16.8. The van der Waals surface area contributed by atoms with E-state index in [0.717, 1.165) is 22.4 Å². The largest absolute Gasteiger partial charge is 0.278 e. The van der Waals surface area contributed by atoms with E-state index in [-0.39, 0.29) is 5.41 Å². The maximum atomic E-state index is 4.91. The second-order valence-electron chi connectivity index (χ2n) is 8.27. The van der Waals surface area contributed by atoms with Gasteiger partial charge in [-0.3, -0.25) is 4.57 Å². The lowest BCUT2D eigenvalue weighted by Gasteiger charge is -2.18. The summed E-state index contributed by atoms with van der Waals surface area (Å²) in [6.45, 7) is 6.40. The highest BCUT2D eigenvalue weighted by molar-refractivity contribution is 6.08. The van der Waals surface area contributed by atoms with Crippen molar-refractivity contribution in [2.24, 2.45) is 0 Å². The lowest BCUT2D eigenvalue weighted by molar-refractivity contribution is 0.540. The Morgan fingerprint density at radius 2 is 1.17 bits per heavy atom. The molecule has 0 bridgehead atoms. The van der Waals surface area contributed by atoms with Gasteiger partial charge in [0.25, 0.3) is 0 Å². The smallest absolute Gasteiger partial charge is 0.238 e. The zero-order chi connectivity index (χ0) is 20.0. The van der Waals surface area contributed by atoms with E-state index in [9.17, 15) is 0 Å². The number of hydrogen-bond acceptors (Lipinski definition) is 3. The molecule has 0 spiro atoms. The monoisotopic (exact) mass is 378 g/mol. The molecule has 3 aromatic carbocycles. The van der Waals surface area contributed by atoms with Crippen molar-refractivity contribution in [1.82, 2.24) is 19.5 Å². The third kappa shape index (κ3) is 2.97. The molecule has 142 valence electrons. The van der Waals surface area contributed by atoms with Gasteiger partial charge in [-0.1, -0.05) is 87.5 Å². The van der Waals surface area contributed by atoms with Crippen molar-refractivity contribution < 1.29 is 0 Å². The number of nitrogens with zero attached hydrogens (tertiary/aromatic N) is 4. The van der Waals surface area contributed by atoms with Gasteiger partial charge in [-0.15, -0.1) is 0 Å². The lowest BCUT2D eigenvalue weighted by Crippen LogP contribution is -2.19. The summed E-state index contributed by atoms with van der Waals surface area (Å²) in [5, 5.41) is 2.39. The summed E-state index contributed by atoms with van der Waals surface area (Å²) in [5.74, 6) is 2.13. The molecule has 0 aliphatic heterocycles. The molecule has 0 N–H and O–H groups in total. The van der Waals surface area contributed by atoms with Crippen LogP contribution in [0.2, 0.25) is 0 Å². The summed E-state index contributed by atoms with van der Waals surface area (Å²) in [7, 11) is 0. The van der Waals surface area contributed by atoms with Crippen molar-refractivity contribution in [3.05, 3.63) is 84.7 Å². The molecule has 0 saturated carbocycles. The highest BCUT2D eigenvalue weighted by Gasteiger charge is 2.22. The van der Waals surface area contributed by atoms with Gasteiger partial charge in [-0.05, 0) is 12.1 Å². The Labute approximate surface area is 169 Å². The maximum absolute atomic E-state index is 4.91. The zero-order valence-electron chi connectivity index (χ0n) is 16.8. The van der Waals surface area contributed by atoms with Crippen LogP contribution < -0.4 is 0 Å². The van der Waals surface area contributed by atoms with Crippen LogP contribution in [0.5, 0.6) is 0 Å². The van der Waals surface area contributed by atoms with Gasteiger partial charge in [0.05, 0.1) is 11.0 Å². The summed E-state index contributed by atoms with van der Waals surface area (Å²) < 4.78 is 2.15. The van der Waals surface area contributed by atoms with Crippen molar-refractivity contribution in [1.29, 1.82) is 0 Å². The Kier molecular flexibility index (Phi) is 3.95. The second kappa shape index (κ2) is 6.52. The molecule has 4 nitrogen and oxygen atoms in total. The Morgan fingerprint density at radius 1 is 0.621 bits per heavy atom. The SMILES string of the molecule is CC(C)(C)c1nc(-c2ccccc2)nc(-n2c3ccccc3c3ccccc32)n1. The fourth-order valence-corrected chi connectivity index (χ4v) is 3.65. The molecule has 0 atom stereocenters. The first-order valence-corrected chi connectivity index (χ1v) is 9.83. The van der Waals surface area contributed by atoms with E-state index in [0.29, 0.717) is 11.8 Å². The number of fused-ring (bicyclic) bond motifs is 3. The van der Waals surface area contributed by atoms with Crippen molar-refractivity contribution in [2.75, 3.05) is 0 Å². The Hall–Kier alpha value is -3.53. The van der Waals surface area contributed by atoms with E-state index >= 15 is 0 Å². The van der Waals surface area contributed by atoms with Crippen molar-refractivity contribution in [3.8, 4) is 17.3 Å². The fourth-order valence-electron chi connectivity index (χ4n) is 3.65. The van der Waals surface area contributed by atoms with Gasteiger partial charge in [0.15, 0.2) is 5.82 Å². The lowest BCUT2D eigenvalue weighted by atomic mass is 9.96. The molecular formula is C25H22N4. The summed E-state index contributed by atoms with van der Waals surface area (Å²) in [6, 6.07) is 26.9. The molecule has 5 aromatic rings. The van der Waals surface area contributed by atoms with Crippen LogP contribution in [0.3, 0.4) is 0 Å². The van der Waals surface area contributed by atoms with Gasteiger partial charge in [0, 0.05) is 21.8 Å². The highest BCUT2D eigenvalue weighted by Crippen LogP contribution is 2.32. The van der Waals surface area contributed by atoms with Crippen molar-refractivity contribution in [2.45, 2.75) is 26.2 Å². The Bertz CT molecular complexity index is 1270. The predicted octanol–water partition coefficient (Wildman–Crippen LogP) is 5.93. The van der Waals surface area contributed by atoms with E-state index < -0.39 is 0 Å². The molecular weight excluding hydrogens is 356 g/mol. The Morgan fingerprint density at radius 3 is 1.76 bits per heavy atom. The third-order valence-corrected chi connectivity index (χ3v) is 5.11. The van der Waals surface area contributed by atoms with Crippen LogP contribution in [0, 0.1) is 0 Å². The minimum absolute atomic E-state index is 0.194. The molecule has 2 heterocycles. The number of hydrogen-bond donors (Lipinski definition) is 0. The van der Waals surface area contributed by atoms with Crippen molar-refractivity contribution in [3.63, 3.8) is 0 Å². The first-order valence-electron chi connectivity index (χ1n) is 9.83. The van der Waals surface area contributed by atoms with E-state index in [1.165, 1.54) is 10.8 Å². The van der Waals surface area contributed by atoms with E-state index in [2.05, 4.69) is 73.9 Å². The highest BCUT2D eigenvalue weighted by atomic mass is 15.2. The molecule has 0 unspecified atom stereocenters. The van der Waals surface area contributed by atoms with Crippen LogP contribution in [-0.4, -0.2) is 19.5 Å². The van der Waals surface area contributed by atoms with Crippen LogP contribution in [0.15, 0.2) is 78.9 Å². The molecule has 0 radical (unpaired) electrons. The van der Waals surface area contributed by atoms with Gasteiger partial charge in [0.2, 0.25) is 5.95 Å². The fraction of sp³-hybridized carbons (Fsp3) is 0.160. The Balaban J connectivity index is 1.87. The summed E-state index contributed by atoms with van der Waals surface area (Å²) in [5.41, 5.74) is 2.99. The topological polar surface area (TPSA) is 43.6 Å².